The molecule has 0 N–H and O–H groups in total. The highest BCUT2D eigenvalue weighted by Crippen LogP contribution is 2.26. The summed E-state index contributed by atoms with van der Waals surface area (Å²) >= 11 is 0. The normalized spacial score (nSPS) is 15.1. The van der Waals surface area contributed by atoms with E-state index in [4.69, 9.17) is 4.74 Å². The summed E-state index contributed by atoms with van der Waals surface area (Å²) in [6, 6.07) is 0. The maximum Gasteiger partial charge on any atom is 0.414 e. The number of nitrogens with zero attached hydrogens (tertiary/aromatic N) is 3. The highest BCUT2D eigenvalue weighted by molar-refractivity contribution is 5.87. The molecule has 0 atom stereocenters. The molecule has 0 saturated carbocycles. The van der Waals surface area contributed by atoms with Gasteiger partial charge >= 0.3 is 6.09 Å². The third-order valence-electron chi connectivity index (χ3n) is 2.99. The van der Waals surface area contributed by atoms with Gasteiger partial charge in [0.2, 0.25) is 0 Å². The second kappa shape index (κ2) is 4.63. The fourth-order valence-corrected chi connectivity index (χ4v) is 2.11. The summed E-state index contributed by atoms with van der Waals surface area (Å²) in [6.07, 6.45) is 4.71. The van der Waals surface area contributed by atoms with Crippen LogP contribution in [0.25, 0.3) is 0 Å². The molecule has 0 unspecified atom stereocenters. The van der Waals surface area contributed by atoms with Crippen molar-refractivity contribution in [1.29, 1.82) is 0 Å². The highest BCUT2D eigenvalue weighted by Gasteiger charge is 2.25. The smallest absolute Gasteiger partial charge is 0.414 e. The Balaban J connectivity index is 2.16. The van der Waals surface area contributed by atoms with Gasteiger partial charge < -0.3 is 4.74 Å². The van der Waals surface area contributed by atoms with Crippen LogP contribution >= 0.6 is 0 Å². The second-order valence-corrected chi connectivity index (χ2v) is 5.70. The molecule has 0 radical (unpaired) electrons. The van der Waals surface area contributed by atoms with E-state index in [0.29, 0.717) is 0 Å². The average Bonchev–Trinajstić information content (AvgIpc) is 2.69. The minimum atomic E-state index is -0.474. The predicted octanol–water partition coefficient (Wildman–Crippen LogP) is 2.59. The monoisotopic (exact) mass is 251 g/mol. The van der Waals surface area contributed by atoms with Gasteiger partial charge in [-0.25, -0.2) is 4.79 Å². The van der Waals surface area contributed by atoms with Crippen LogP contribution in [0, 0.1) is 0 Å². The molecule has 5 nitrogen and oxygen atoms in total. The van der Waals surface area contributed by atoms with Crippen LogP contribution < -0.4 is 4.90 Å². The fourth-order valence-electron chi connectivity index (χ4n) is 2.11. The fraction of sp³-hybridized carbons (Fsp3) is 0.692. The molecule has 1 aliphatic heterocycles. The predicted molar refractivity (Wildman–Crippen MR) is 69.8 cm³/mol. The zero-order valence-corrected chi connectivity index (χ0v) is 11.6. The summed E-state index contributed by atoms with van der Waals surface area (Å²) in [6.45, 7) is 6.54. The maximum atomic E-state index is 12.0. The summed E-state index contributed by atoms with van der Waals surface area (Å²) in [4.78, 5) is 13.6. The first-order chi connectivity index (χ1) is 8.38. The van der Waals surface area contributed by atoms with E-state index in [1.165, 1.54) is 0 Å². The first-order valence-corrected chi connectivity index (χ1v) is 6.40. The Labute approximate surface area is 108 Å². The summed E-state index contributed by atoms with van der Waals surface area (Å²) in [5.74, 6) is 0. The number of ether oxygens (including phenoxy) is 1. The largest absolute Gasteiger partial charge is 0.443 e. The Bertz CT molecular complexity index is 446. The van der Waals surface area contributed by atoms with Crippen LogP contribution in [0.15, 0.2) is 6.20 Å². The lowest BCUT2D eigenvalue weighted by Crippen LogP contribution is -2.34. The lowest BCUT2D eigenvalue weighted by molar-refractivity contribution is 0.0589. The van der Waals surface area contributed by atoms with Gasteiger partial charge in [-0.3, -0.25) is 9.58 Å². The first kappa shape index (κ1) is 12.9. The Morgan fingerprint density at radius 1 is 1.44 bits per heavy atom. The molecule has 1 aromatic rings. The van der Waals surface area contributed by atoms with Crippen molar-refractivity contribution < 1.29 is 9.53 Å². The molecular formula is C13H21N3O2. The SMILES string of the molecule is CN(C(=O)OC(C)(C)C)c1cnn2c1CCCC2. The minimum Gasteiger partial charge on any atom is -0.443 e. The molecule has 1 amide bonds. The molecule has 5 heteroatoms. The second-order valence-electron chi connectivity index (χ2n) is 5.70. The quantitative estimate of drug-likeness (QED) is 0.770. The van der Waals surface area contributed by atoms with Crippen LogP contribution in [0.1, 0.15) is 39.3 Å². The number of hydrogen-bond acceptors (Lipinski definition) is 3. The number of aryl methyl sites for hydroxylation is 1. The zero-order chi connectivity index (χ0) is 13.3. The van der Waals surface area contributed by atoms with Gasteiger partial charge in [-0.2, -0.15) is 5.10 Å². The van der Waals surface area contributed by atoms with Crippen LogP contribution in [0.2, 0.25) is 0 Å². The summed E-state index contributed by atoms with van der Waals surface area (Å²) in [5.41, 5.74) is 1.53. The molecule has 0 aromatic carbocycles. The Hall–Kier alpha value is -1.52. The first-order valence-electron chi connectivity index (χ1n) is 6.40. The molecule has 0 spiro atoms. The lowest BCUT2D eigenvalue weighted by Gasteiger charge is -2.25. The van der Waals surface area contributed by atoms with Gasteiger partial charge in [0.05, 0.1) is 17.6 Å². The molecule has 2 heterocycles. The van der Waals surface area contributed by atoms with Crippen LogP contribution in [-0.2, 0) is 17.7 Å². The van der Waals surface area contributed by atoms with E-state index >= 15 is 0 Å². The van der Waals surface area contributed by atoms with E-state index in [0.717, 1.165) is 37.2 Å². The lowest BCUT2D eigenvalue weighted by atomic mass is 10.1. The van der Waals surface area contributed by atoms with Gasteiger partial charge in [0.25, 0.3) is 0 Å². The van der Waals surface area contributed by atoms with E-state index < -0.39 is 5.60 Å². The van der Waals surface area contributed by atoms with Crippen molar-refractivity contribution in [2.24, 2.45) is 0 Å². The van der Waals surface area contributed by atoms with Gasteiger partial charge in [-0.05, 0) is 40.0 Å². The van der Waals surface area contributed by atoms with Crippen molar-refractivity contribution in [2.45, 2.75) is 52.2 Å². The van der Waals surface area contributed by atoms with Crippen LogP contribution in [0.5, 0.6) is 0 Å². The van der Waals surface area contributed by atoms with E-state index in [1.54, 1.807) is 18.1 Å². The zero-order valence-electron chi connectivity index (χ0n) is 11.6. The number of hydrogen-bond donors (Lipinski definition) is 0. The molecule has 0 bridgehead atoms. The Morgan fingerprint density at radius 3 is 2.83 bits per heavy atom. The molecule has 0 fully saturated rings. The van der Waals surface area contributed by atoms with Crippen molar-refractivity contribution in [3.05, 3.63) is 11.9 Å². The maximum absolute atomic E-state index is 12.0. The molecule has 18 heavy (non-hydrogen) atoms. The number of anilines is 1. The third kappa shape index (κ3) is 2.66. The van der Waals surface area contributed by atoms with Crippen molar-refractivity contribution in [2.75, 3.05) is 11.9 Å². The number of rotatable bonds is 1. The number of aromatic nitrogens is 2. The molecular weight excluding hydrogens is 230 g/mol. The van der Waals surface area contributed by atoms with Crippen molar-refractivity contribution in [1.82, 2.24) is 9.78 Å². The number of carbonyl (C=O) groups is 1. The minimum absolute atomic E-state index is 0.330. The van der Waals surface area contributed by atoms with Gasteiger partial charge in [-0.15, -0.1) is 0 Å². The van der Waals surface area contributed by atoms with E-state index in [9.17, 15) is 4.79 Å². The van der Waals surface area contributed by atoms with Crippen molar-refractivity contribution in [3.63, 3.8) is 0 Å². The van der Waals surface area contributed by atoms with Crippen LogP contribution in [0.4, 0.5) is 10.5 Å². The van der Waals surface area contributed by atoms with Crippen molar-refractivity contribution >= 4 is 11.8 Å². The van der Waals surface area contributed by atoms with E-state index in [-0.39, 0.29) is 6.09 Å². The van der Waals surface area contributed by atoms with Gasteiger partial charge in [0.1, 0.15) is 5.60 Å². The average molecular weight is 251 g/mol. The van der Waals surface area contributed by atoms with Crippen LogP contribution in [0.3, 0.4) is 0 Å². The molecule has 100 valence electrons. The highest BCUT2D eigenvalue weighted by atomic mass is 16.6. The van der Waals surface area contributed by atoms with Gasteiger partial charge in [-0.1, -0.05) is 0 Å². The van der Waals surface area contributed by atoms with Crippen LogP contribution in [-0.4, -0.2) is 28.5 Å². The van der Waals surface area contributed by atoms with Crippen molar-refractivity contribution in [3.8, 4) is 0 Å². The Morgan fingerprint density at radius 2 is 2.17 bits per heavy atom. The topological polar surface area (TPSA) is 47.4 Å². The van der Waals surface area contributed by atoms with E-state index in [2.05, 4.69) is 5.10 Å². The number of amides is 1. The molecule has 2 rings (SSSR count). The molecule has 1 aromatic heterocycles. The third-order valence-corrected chi connectivity index (χ3v) is 2.99. The summed E-state index contributed by atoms with van der Waals surface area (Å²) in [5, 5.41) is 4.32. The molecule has 1 aliphatic rings. The van der Waals surface area contributed by atoms with E-state index in [1.807, 2.05) is 25.5 Å². The summed E-state index contributed by atoms with van der Waals surface area (Å²) < 4.78 is 7.35. The standard InChI is InChI=1S/C13H21N3O2/c1-13(2,3)18-12(17)15(4)11-9-14-16-8-6-5-7-10(11)16/h9H,5-8H2,1-4H3. The molecule has 0 saturated heterocycles. The number of carbonyl (C=O) groups excluding carboxylic acids is 1. The van der Waals surface area contributed by atoms with Gasteiger partial charge in [0, 0.05) is 13.6 Å². The number of fused-ring (bicyclic) bond motifs is 1. The summed E-state index contributed by atoms with van der Waals surface area (Å²) in [7, 11) is 1.74. The van der Waals surface area contributed by atoms with Gasteiger partial charge in [0.15, 0.2) is 0 Å². The molecule has 0 aliphatic carbocycles. The Kier molecular flexibility index (Phi) is 3.32.